The molecule has 0 spiro atoms. The van der Waals surface area contributed by atoms with Crippen LogP contribution in [0.15, 0.2) is 12.7 Å². The van der Waals surface area contributed by atoms with Crippen LogP contribution < -0.4 is 10.2 Å². The lowest BCUT2D eigenvalue weighted by Gasteiger charge is -2.52. The van der Waals surface area contributed by atoms with Crippen LogP contribution in [-0.4, -0.2) is 128 Å². The fraction of sp³-hybridized carbons (Fsp3) is 0.789. The highest BCUT2D eigenvalue weighted by Crippen LogP contribution is 2.39. The van der Waals surface area contributed by atoms with E-state index in [0.717, 1.165) is 6.08 Å². The molecule has 0 unspecified atom stereocenters. The summed E-state index contributed by atoms with van der Waals surface area (Å²) < 4.78 is 20.9. The number of carbonyl (C=O) groups is 2. The number of aliphatic carboxylic acids is 2. The van der Waals surface area contributed by atoms with E-state index in [9.17, 15) is 50.4 Å². The molecule has 15 heteroatoms. The van der Waals surface area contributed by atoms with Crippen LogP contribution in [0.5, 0.6) is 0 Å². The van der Waals surface area contributed by atoms with Crippen molar-refractivity contribution in [3.8, 4) is 0 Å². The summed E-state index contributed by atoms with van der Waals surface area (Å²) in [4.78, 5) is 23.9. The third-order valence-corrected chi connectivity index (χ3v) is 5.58. The lowest BCUT2D eigenvalue weighted by atomic mass is 9.90. The van der Waals surface area contributed by atoms with Gasteiger partial charge in [0.2, 0.25) is 11.6 Å². The molecule has 2 aliphatic heterocycles. The Morgan fingerprint density at radius 1 is 0.971 bits per heavy atom. The molecule has 0 saturated carbocycles. The summed E-state index contributed by atoms with van der Waals surface area (Å²) in [5.41, 5.74) is 0. The Labute approximate surface area is 193 Å². The second-order valence-electron chi connectivity index (χ2n) is 7.96. The van der Waals surface area contributed by atoms with E-state index in [1.165, 1.54) is 0 Å². The number of carboxylic acids is 2. The smallest absolute Gasteiger partial charge is 0.212 e. The van der Waals surface area contributed by atoms with Crippen LogP contribution in [0.4, 0.5) is 0 Å². The van der Waals surface area contributed by atoms with E-state index in [-0.39, 0.29) is 0 Å². The van der Waals surface area contributed by atoms with Crippen molar-refractivity contribution in [2.45, 2.75) is 73.2 Å². The first kappa shape index (κ1) is 28.5. The molecule has 0 radical (unpaired) electrons. The van der Waals surface area contributed by atoms with E-state index in [1.807, 2.05) is 0 Å². The summed E-state index contributed by atoms with van der Waals surface area (Å²) in [6.45, 7) is 0.891. The molecule has 34 heavy (non-hydrogen) atoms. The van der Waals surface area contributed by atoms with Crippen molar-refractivity contribution in [1.29, 1.82) is 0 Å². The van der Waals surface area contributed by atoms with Crippen molar-refractivity contribution in [3.05, 3.63) is 12.7 Å². The molecule has 7 N–H and O–H groups in total. The third-order valence-electron chi connectivity index (χ3n) is 5.58. The van der Waals surface area contributed by atoms with Crippen LogP contribution in [0.1, 0.15) is 12.8 Å². The topological polar surface area (TPSA) is 259 Å². The molecule has 15 nitrogen and oxygen atoms in total. The molecular formula is C19H28O15-2. The van der Waals surface area contributed by atoms with E-state index in [1.54, 1.807) is 0 Å². The first-order chi connectivity index (χ1) is 15.9. The highest BCUT2D eigenvalue weighted by atomic mass is 16.8. The first-order valence-corrected chi connectivity index (χ1v) is 10.2. The molecule has 2 saturated heterocycles. The maximum atomic E-state index is 12.0. The highest BCUT2D eigenvalue weighted by Gasteiger charge is 2.57. The Morgan fingerprint density at radius 3 is 1.94 bits per heavy atom. The van der Waals surface area contributed by atoms with Crippen LogP contribution in [0, 0.1) is 0 Å². The molecule has 0 aromatic rings. The van der Waals surface area contributed by atoms with E-state index in [2.05, 4.69) is 6.58 Å². The highest BCUT2D eigenvalue weighted by molar-refractivity contribution is 5.75. The number of carboxylic acid groups (broad SMARTS) is 2. The summed E-state index contributed by atoms with van der Waals surface area (Å²) in [7, 11) is 0. The number of rotatable bonds is 11. The van der Waals surface area contributed by atoms with Gasteiger partial charge in [-0.2, -0.15) is 0 Å². The second kappa shape index (κ2) is 11.3. The van der Waals surface area contributed by atoms with E-state index < -0.39 is 105 Å². The van der Waals surface area contributed by atoms with Gasteiger partial charge in [0.1, 0.15) is 48.6 Å². The standard InChI is InChI=1S/C19H30O15/c1-2-3-31-18(16(27)28)5-11(13(26)15(33-18)10(24)7-21)32-19(17(29)30)4-8(22)12(25)14(34-19)9(23)6-20/h2,8-15,20-26H,1,3-7H2,(H,27,28)(H,29,30)/p-2/t8-,9+,10+,11-,12-,13-,14-,15-,18-,19-/m1/s1. The number of carbonyl (C=O) groups excluding carboxylic acids is 2. The van der Waals surface area contributed by atoms with Crippen molar-refractivity contribution in [2.24, 2.45) is 0 Å². The van der Waals surface area contributed by atoms with E-state index in [0.29, 0.717) is 0 Å². The fourth-order valence-electron chi connectivity index (χ4n) is 3.80. The molecule has 0 aromatic heterocycles. The fourth-order valence-corrected chi connectivity index (χ4v) is 3.80. The number of aliphatic hydroxyl groups is 7. The van der Waals surface area contributed by atoms with Crippen LogP contribution in [-0.2, 0) is 28.5 Å². The number of ether oxygens (including phenoxy) is 4. The summed E-state index contributed by atoms with van der Waals surface area (Å²) in [6.07, 6.45) is -16.0. The van der Waals surface area contributed by atoms with Crippen molar-refractivity contribution in [1.82, 2.24) is 0 Å². The first-order valence-electron chi connectivity index (χ1n) is 10.2. The Kier molecular flexibility index (Phi) is 9.48. The van der Waals surface area contributed by atoms with Crippen molar-refractivity contribution < 1.29 is 74.5 Å². The molecule has 0 bridgehead atoms. The van der Waals surface area contributed by atoms with Gasteiger partial charge in [-0.05, 0) is 0 Å². The van der Waals surface area contributed by atoms with Crippen molar-refractivity contribution in [2.75, 3.05) is 19.8 Å². The van der Waals surface area contributed by atoms with Crippen LogP contribution in [0.3, 0.4) is 0 Å². The normalized spacial score (nSPS) is 40.3. The van der Waals surface area contributed by atoms with Crippen molar-refractivity contribution in [3.63, 3.8) is 0 Å². The molecule has 2 fully saturated rings. The molecule has 0 amide bonds. The molecular weight excluding hydrogens is 468 g/mol. The van der Waals surface area contributed by atoms with Gasteiger partial charge in [0.15, 0.2) is 0 Å². The Morgan fingerprint density at radius 2 is 1.47 bits per heavy atom. The summed E-state index contributed by atoms with van der Waals surface area (Å²) >= 11 is 0. The zero-order valence-electron chi connectivity index (χ0n) is 17.8. The molecule has 2 rings (SSSR count). The predicted octanol–water partition coefficient (Wildman–Crippen LogP) is -7.17. The summed E-state index contributed by atoms with van der Waals surface area (Å²) in [5, 5.41) is 93.2. The number of hydrogen-bond acceptors (Lipinski definition) is 15. The van der Waals surface area contributed by atoms with Gasteiger partial charge in [-0.3, -0.25) is 0 Å². The minimum atomic E-state index is -2.98. The van der Waals surface area contributed by atoms with Gasteiger partial charge in [0.05, 0.1) is 32.0 Å². The Hall–Kier alpha value is -1.76. The Bertz CT molecular complexity index is 732. The van der Waals surface area contributed by atoms with Crippen LogP contribution in [0.25, 0.3) is 0 Å². The molecule has 0 aromatic carbocycles. The molecule has 196 valence electrons. The van der Waals surface area contributed by atoms with E-state index >= 15 is 0 Å². The van der Waals surface area contributed by atoms with Gasteiger partial charge in [-0.25, -0.2) is 0 Å². The summed E-state index contributed by atoms with van der Waals surface area (Å²) in [6, 6.07) is 0. The average Bonchev–Trinajstić information content (AvgIpc) is 2.80. The largest absolute Gasteiger partial charge is 0.544 e. The summed E-state index contributed by atoms with van der Waals surface area (Å²) in [5.74, 6) is -9.84. The van der Waals surface area contributed by atoms with Gasteiger partial charge in [-0.1, -0.05) is 6.08 Å². The molecule has 2 aliphatic rings. The van der Waals surface area contributed by atoms with Gasteiger partial charge in [0.25, 0.3) is 0 Å². The van der Waals surface area contributed by atoms with Gasteiger partial charge in [0, 0.05) is 12.8 Å². The van der Waals surface area contributed by atoms with Crippen LogP contribution in [0.2, 0.25) is 0 Å². The predicted molar refractivity (Wildman–Crippen MR) is 99.7 cm³/mol. The van der Waals surface area contributed by atoms with Crippen molar-refractivity contribution >= 4 is 11.9 Å². The average molecular weight is 496 g/mol. The maximum absolute atomic E-state index is 12.0. The Balaban J connectivity index is 2.48. The van der Waals surface area contributed by atoms with E-state index in [4.69, 9.17) is 24.1 Å². The van der Waals surface area contributed by atoms with Gasteiger partial charge >= 0.3 is 0 Å². The minimum Gasteiger partial charge on any atom is -0.544 e. The second-order valence-corrected chi connectivity index (χ2v) is 7.96. The molecule has 0 aliphatic carbocycles. The quantitative estimate of drug-likeness (QED) is 0.131. The zero-order valence-corrected chi connectivity index (χ0v) is 17.8. The SMILES string of the molecule is C=CCO[C@]1(C(=O)[O-])C[C@@H](O[C@]2(C(=O)[O-])C[C@@H](O)[C@@H](O)[C@@H]([C@@H](O)CO)O2)[C@@H](O)[C@@H]([C@@H](O)CO)O1. The van der Waals surface area contributed by atoms with Crippen LogP contribution >= 0.6 is 0 Å². The lowest BCUT2D eigenvalue weighted by Crippen LogP contribution is -2.70. The lowest BCUT2D eigenvalue weighted by molar-refractivity contribution is -0.417. The zero-order chi connectivity index (χ0) is 25.8. The third kappa shape index (κ3) is 5.55. The minimum absolute atomic E-state index is 0.434. The number of hydrogen-bond donors (Lipinski definition) is 7. The maximum Gasteiger partial charge on any atom is 0.212 e. The molecule has 10 atom stereocenters. The van der Waals surface area contributed by atoms with Gasteiger partial charge in [-0.15, -0.1) is 6.58 Å². The van der Waals surface area contributed by atoms with Gasteiger partial charge < -0.3 is 74.5 Å². The number of aliphatic hydroxyl groups excluding tert-OH is 7. The molecule has 2 heterocycles. The monoisotopic (exact) mass is 496 g/mol.